The fourth-order valence-corrected chi connectivity index (χ4v) is 2.00. The molecule has 1 amide bonds. The lowest BCUT2D eigenvalue weighted by molar-refractivity contribution is -0.105. The van der Waals surface area contributed by atoms with E-state index < -0.39 is 0 Å². The lowest BCUT2D eigenvalue weighted by atomic mass is 10.1. The fraction of sp³-hybridized carbons (Fsp3) is 0.231. The quantitative estimate of drug-likeness (QED) is 0.861. The SMILES string of the molecule is CC(C)c1c(NC=O)cnn1-c1ccc(Cl)cc1. The van der Waals surface area contributed by atoms with E-state index in [2.05, 4.69) is 24.3 Å². The number of benzene rings is 1. The minimum atomic E-state index is 0.241. The molecular formula is C13H14ClN3O. The zero-order chi connectivity index (χ0) is 13.1. The van der Waals surface area contributed by atoms with Gasteiger partial charge in [0.25, 0.3) is 0 Å². The van der Waals surface area contributed by atoms with Crippen molar-refractivity contribution in [1.29, 1.82) is 0 Å². The number of carbonyl (C=O) groups is 1. The number of carbonyl (C=O) groups excluding carboxylic acids is 1. The Balaban J connectivity index is 2.50. The first-order valence-electron chi connectivity index (χ1n) is 5.67. The molecule has 1 aromatic carbocycles. The van der Waals surface area contributed by atoms with Crippen molar-refractivity contribution >= 4 is 23.7 Å². The smallest absolute Gasteiger partial charge is 0.211 e. The topological polar surface area (TPSA) is 46.9 Å². The maximum atomic E-state index is 10.6. The molecule has 1 heterocycles. The van der Waals surface area contributed by atoms with Gasteiger partial charge in [0.1, 0.15) is 0 Å². The highest BCUT2D eigenvalue weighted by Crippen LogP contribution is 2.26. The molecule has 1 N–H and O–H groups in total. The first kappa shape index (κ1) is 12.6. The number of hydrogen-bond donors (Lipinski definition) is 1. The maximum absolute atomic E-state index is 10.6. The second-order valence-corrected chi connectivity index (χ2v) is 4.69. The summed E-state index contributed by atoms with van der Waals surface area (Å²) >= 11 is 5.87. The number of anilines is 1. The molecule has 0 aliphatic rings. The molecule has 2 rings (SSSR count). The predicted octanol–water partition coefficient (Wildman–Crippen LogP) is 3.22. The standard InChI is InChI=1S/C13H14ClN3O/c1-9(2)13-12(15-8-18)7-16-17(13)11-5-3-10(14)4-6-11/h3-9H,1-2H3,(H,15,18). The van der Waals surface area contributed by atoms with Crippen LogP contribution in [0.1, 0.15) is 25.5 Å². The van der Waals surface area contributed by atoms with E-state index in [-0.39, 0.29) is 5.92 Å². The van der Waals surface area contributed by atoms with Gasteiger partial charge >= 0.3 is 0 Å². The Morgan fingerprint density at radius 1 is 1.33 bits per heavy atom. The second kappa shape index (κ2) is 5.23. The van der Waals surface area contributed by atoms with Gasteiger partial charge in [-0.2, -0.15) is 5.10 Å². The minimum Gasteiger partial charge on any atom is -0.326 e. The highest BCUT2D eigenvalue weighted by molar-refractivity contribution is 6.30. The van der Waals surface area contributed by atoms with Crippen molar-refractivity contribution in [3.8, 4) is 5.69 Å². The third-order valence-corrected chi connectivity index (χ3v) is 2.89. The Morgan fingerprint density at radius 3 is 2.56 bits per heavy atom. The van der Waals surface area contributed by atoms with Crippen LogP contribution in [0.4, 0.5) is 5.69 Å². The molecule has 0 bridgehead atoms. The monoisotopic (exact) mass is 263 g/mol. The summed E-state index contributed by atoms with van der Waals surface area (Å²) in [5.74, 6) is 0.241. The van der Waals surface area contributed by atoms with E-state index in [1.165, 1.54) is 0 Å². The molecular weight excluding hydrogens is 250 g/mol. The van der Waals surface area contributed by atoms with Crippen LogP contribution in [0.5, 0.6) is 0 Å². The molecule has 2 aromatic rings. The van der Waals surface area contributed by atoms with Crippen LogP contribution in [0.2, 0.25) is 5.02 Å². The highest BCUT2D eigenvalue weighted by Gasteiger charge is 2.15. The summed E-state index contributed by atoms with van der Waals surface area (Å²) in [6.45, 7) is 4.11. The largest absolute Gasteiger partial charge is 0.326 e. The van der Waals surface area contributed by atoms with Crippen LogP contribution in [0.25, 0.3) is 5.69 Å². The van der Waals surface area contributed by atoms with Gasteiger partial charge in [0.15, 0.2) is 0 Å². The average Bonchev–Trinajstić information content (AvgIpc) is 2.74. The van der Waals surface area contributed by atoms with Crippen LogP contribution in [-0.4, -0.2) is 16.2 Å². The van der Waals surface area contributed by atoms with E-state index in [1.54, 1.807) is 6.20 Å². The number of rotatable bonds is 4. The lowest BCUT2D eigenvalue weighted by Gasteiger charge is -2.12. The van der Waals surface area contributed by atoms with Gasteiger partial charge < -0.3 is 5.32 Å². The number of nitrogens with one attached hydrogen (secondary N) is 1. The zero-order valence-corrected chi connectivity index (χ0v) is 11.0. The molecule has 0 fully saturated rings. The summed E-state index contributed by atoms with van der Waals surface area (Å²) in [5, 5.41) is 7.66. The second-order valence-electron chi connectivity index (χ2n) is 4.25. The van der Waals surface area contributed by atoms with Crippen molar-refractivity contribution in [2.75, 3.05) is 5.32 Å². The van der Waals surface area contributed by atoms with Crippen LogP contribution in [-0.2, 0) is 4.79 Å². The van der Waals surface area contributed by atoms with E-state index in [4.69, 9.17) is 11.6 Å². The summed E-state index contributed by atoms with van der Waals surface area (Å²) in [4.78, 5) is 10.6. The van der Waals surface area contributed by atoms with Crippen LogP contribution in [0, 0.1) is 0 Å². The Labute approximate surface area is 111 Å². The maximum Gasteiger partial charge on any atom is 0.211 e. The van der Waals surface area contributed by atoms with E-state index in [9.17, 15) is 4.79 Å². The molecule has 0 saturated heterocycles. The molecule has 0 unspecified atom stereocenters. The molecule has 94 valence electrons. The average molecular weight is 264 g/mol. The molecule has 4 nitrogen and oxygen atoms in total. The van der Waals surface area contributed by atoms with Gasteiger partial charge in [-0.05, 0) is 30.2 Å². The van der Waals surface area contributed by atoms with Crippen LogP contribution in [0.3, 0.4) is 0 Å². The van der Waals surface area contributed by atoms with Crippen LogP contribution < -0.4 is 5.32 Å². The normalized spacial score (nSPS) is 10.7. The number of nitrogens with zero attached hydrogens (tertiary/aromatic N) is 2. The van der Waals surface area contributed by atoms with Crippen molar-refractivity contribution in [3.63, 3.8) is 0 Å². The van der Waals surface area contributed by atoms with Gasteiger partial charge in [0.2, 0.25) is 6.41 Å². The summed E-state index contributed by atoms with van der Waals surface area (Å²) in [5.41, 5.74) is 2.61. The third kappa shape index (κ3) is 2.38. The molecule has 0 aliphatic carbocycles. The molecule has 5 heteroatoms. The van der Waals surface area contributed by atoms with Gasteiger partial charge in [-0.15, -0.1) is 0 Å². The van der Waals surface area contributed by atoms with Crippen LogP contribution >= 0.6 is 11.6 Å². The first-order chi connectivity index (χ1) is 8.63. The van der Waals surface area contributed by atoms with E-state index in [0.29, 0.717) is 11.4 Å². The summed E-state index contributed by atoms with van der Waals surface area (Å²) in [6, 6.07) is 7.42. The van der Waals surface area contributed by atoms with Crippen molar-refractivity contribution in [3.05, 3.63) is 41.2 Å². The minimum absolute atomic E-state index is 0.241. The van der Waals surface area contributed by atoms with Gasteiger partial charge in [-0.1, -0.05) is 25.4 Å². The van der Waals surface area contributed by atoms with Crippen molar-refractivity contribution in [2.24, 2.45) is 0 Å². The number of amides is 1. The van der Waals surface area contributed by atoms with Gasteiger partial charge in [-0.25, -0.2) is 4.68 Å². The molecule has 0 saturated carbocycles. The lowest BCUT2D eigenvalue weighted by Crippen LogP contribution is -2.06. The highest BCUT2D eigenvalue weighted by atomic mass is 35.5. The van der Waals surface area contributed by atoms with Crippen molar-refractivity contribution < 1.29 is 4.79 Å². The number of hydrogen-bond acceptors (Lipinski definition) is 2. The summed E-state index contributed by atoms with van der Waals surface area (Å²) in [6.07, 6.45) is 2.31. The molecule has 18 heavy (non-hydrogen) atoms. The summed E-state index contributed by atoms with van der Waals surface area (Å²) in [7, 11) is 0. The Kier molecular flexibility index (Phi) is 3.67. The van der Waals surface area contributed by atoms with Crippen molar-refractivity contribution in [1.82, 2.24) is 9.78 Å². The number of halogens is 1. The third-order valence-electron chi connectivity index (χ3n) is 2.64. The zero-order valence-electron chi connectivity index (χ0n) is 10.2. The predicted molar refractivity (Wildman–Crippen MR) is 72.3 cm³/mol. The van der Waals surface area contributed by atoms with Crippen LogP contribution in [0.15, 0.2) is 30.5 Å². The van der Waals surface area contributed by atoms with Gasteiger partial charge in [0, 0.05) is 5.02 Å². The molecule has 0 atom stereocenters. The Morgan fingerprint density at radius 2 is 2.00 bits per heavy atom. The van der Waals surface area contributed by atoms with Crippen molar-refractivity contribution in [2.45, 2.75) is 19.8 Å². The van der Waals surface area contributed by atoms with Gasteiger partial charge in [-0.3, -0.25) is 4.79 Å². The fourth-order valence-electron chi connectivity index (χ4n) is 1.88. The first-order valence-corrected chi connectivity index (χ1v) is 6.05. The van der Waals surface area contributed by atoms with E-state index >= 15 is 0 Å². The molecule has 0 radical (unpaired) electrons. The molecule has 0 spiro atoms. The Bertz CT molecular complexity index is 546. The van der Waals surface area contributed by atoms with Gasteiger partial charge in [0.05, 0.1) is 23.3 Å². The van der Waals surface area contributed by atoms with E-state index in [0.717, 1.165) is 17.1 Å². The molecule has 1 aromatic heterocycles. The molecule has 0 aliphatic heterocycles. The Hall–Kier alpha value is -1.81. The summed E-state index contributed by atoms with van der Waals surface area (Å²) < 4.78 is 1.81. The number of aromatic nitrogens is 2. The van der Waals surface area contributed by atoms with E-state index in [1.807, 2.05) is 28.9 Å².